The summed E-state index contributed by atoms with van der Waals surface area (Å²) in [6, 6.07) is 9.74. The average molecular weight is 269 g/mol. The lowest BCUT2D eigenvalue weighted by atomic mass is 10.0. The number of carbonyl (C=O) groups excluding carboxylic acids is 1. The van der Waals surface area contributed by atoms with Gasteiger partial charge in [0, 0.05) is 30.5 Å². The highest BCUT2D eigenvalue weighted by Gasteiger charge is 2.07. The number of pyridine rings is 1. The van der Waals surface area contributed by atoms with Crippen LogP contribution in [0.25, 0.3) is 0 Å². The van der Waals surface area contributed by atoms with Crippen LogP contribution in [0, 0.1) is 6.92 Å². The fourth-order valence-electron chi connectivity index (χ4n) is 2.06. The molecule has 1 atom stereocenters. The topological polar surface area (TPSA) is 68.0 Å². The van der Waals surface area contributed by atoms with Crippen LogP contribution in [0.4, 0.5) is 0 Å². The number of hydrogen-bond donors (Lipinski definition) is 2. The van der Waals surface area contributed by atoms with Gasteiger partial charge in [0.15, 0.2) is 0 Å². The molecule has 0 aliphatic rings. The number of nitrogens with zero attached hydrogens (tertiary/aromatic N) is 1. The largest absolute Gasteiger partial charge is 0.366 e. The van der Waals surface area contributed by atoms with Gasteiger partial charge in [0.25, 0.3) is 0 Å². The standard InChI is InChI=1S/C16H19N3O/c1-11-8-13(16(17)20)5-6-14(11)10-19-12(2)15-4-3-7-18-9-15/h3-9,12,19H,10H2,1-2H3,(H2,17,20)/t12-/m1/s1. The zero-order valence-electron chi connectivity index (χ0n) is 11.8. The van der Waals surface area contributed by atoms with Crippen LogP contribution >= 0.6 is 0 Å². The fourth-order valence-corrected chi connectivity index (χ4v) is 2.06. The zero-order valence-corrected chi connectivity index (χ0v) is 11.8. The minimum Gasteiger partial charge on any atom is -0.366 e. The van der Waals surface area contributed by atoms with Gasteiger partial charge in [-0.05, 0) is 48.7 Å². The number of amides is 1. The summed E-state index contributed by atoms with van der Waals surface area (Å²) < 4.78 is 0. The van der Waals surface area contributed by atoms with Crippen molar-refractivity contribution >= 4 is 5.91 Å². The van der Waals surface area contributed by atoms with Gasteiger partial charge in [0.1, 0.15) is 0 Å². The molecular weight excluding hydrogens is 250 g/mol. The highest BCUT2D eigenvalue weighted by Crippen LogP contribution is 2.14. The molecule has 0 saturated carbocycles. The summed E-state index contributed by atoms with van der Waals surface area (Å²) in [5.74, 6) is -0.392. The maximum Gasteiger partial charge on any atom is 0.248 e. The van der Waals surface area contributed by atoms with Crippen LogP contribution in [0.5, 0.6) is 0 Å². The first-order chi connectivity index (χ1) is 9.58. The molecule has 4 nitrogen and oxygen atoms in total. The van der Waals surface area contributed by atoms with Crippen molar-refractivity contribution in [3.05, 3.63) is 65.0 Å². The van der Waals surface area contributed by atoms with Crippen molar-refractivity contribution in [3.8, 4) is 0 Å². The molecule has 1 heterocycles. The van der Waals surface area contributed by atoms with E-state index in [-0.39, 0.29) is 6.04 Å². The highest BCUT2D eigenvalue weighted by atomic mass is 16.1. The smallest absolute Gasteiger partial charge is 0.248 e. The van der Waals surface area contributed by atoms with Crippen LogP contribution < -0.4 is 11.1 Å². The van der Waals surface area contributed by atoms with Crippen LogP contribution in [0.1, 0.15) is 40.0 Å². The molecule has 0 aliphatic heterocycles. The van der Waals surface area contributed by atoms with E-state index in [1.807, 2.05) is 37.4 Å². The van der Waals surface area contributed by atoms with E-state index in [9.17, 15) is 4.79 Å². The Labute approximate surface area is 119 Å². The van der Waals surface area contributed by atoms with E-state index in [1.165, 1.54) is 0 Å². The average Bonchev–Trinajstić information content (AvgIpc) is 2.46. The normalized spacial score (nSPS) is 12.1. The van der Waals surface area contributed by atoms with Crippen molar-refractivity contribution in [1.29, 1.82) is 0 Å². The van der Waals surface area contributed by atoms with Gasteiger partial charge in [-0.15, -0.1) is 0 Å². The Balaban J connectivity index is 2.02. The number of nitrogens with two attached hydrogens (primary N) is 1. The zero-order chi connectivity index (χ0) is 14.5. The minimum atomic E-state index is -0.392. The van der Waals surface area contributed by atoms with Crippen molar-refractivity contribution < 1.29 is 4.79 Å². The van der Waals surface area contributed by atoms with Gasteiger partial charge < -0.3 is 11.1 Å². The van der Waals surface area contributed by atoms with Crippen LogP contribution in [-0.2, 0) is 6.54 Å². The molecule has 104 valence electrons. The van der Waals surface area contributed by atoms with E-state index in [4.69, 9.17) is 5.73 Å². The molecule has 0 fully saturated rings. The first-order valence-corrected chi connectivity index (χ1v) is 6.60. The Kier molecular flexibility index (Phi) is 4.48. The third-order valence-corrected chi connectivity index (χ3v) is 3.41. The molecule has 4 heteroatoms. The van der Waals surface area contributed by atoms with Gasteiger partial charge in [-0.25, -0.2) is 0 Å². The van der Waals surface area contributed by atoms with Crippen molar-refractivity contribution in [2.45, 2.75) is 26.4 Å². The molecule has 0 bridgehead atoms. The van der Waals surface area contributed by atoms with Crippen LogP contribution in [0.15, 0.2) is 42.7 Å². The number of aromatic nitrogens is 1. The van der Waals surface area contributed by atoms with Crippen LogP contribution in [0.3, 0.4) is 0 Å². The second-order valence-corrected chi connectivity index (χ2v) is 4.89. The number of aryl methyl sites for hydroxylation is 1. The number of hydrogen-bond acceptors (Lipinski definition) is 3. The second kappa shape index (κ2) is 6.30. The molecule has 0 spiro atoms. The molecular formula is C16H19N3O. The highest BCUT2D eigenvalue weighted by molar-refractivity contribution is 5.93. The molecule has 2 aromatic rings. The number of primary amides is 1. The van der Waals surface area contributed by atoms with Crippen LogP contribution in [0.2, 0.25) is 0 Å². The van der Waals surface area contributed by atoms with Crippen LogP contribution in [-0.4, -0.2) is 10.9 Å². The van der Waals surface area contributed by atoms with Gasteiger partial charge in [0.05, 0.1) is 0 Å². The molecule has 3 N–H and O–H groups in total. The molecule has 0 saturated heterocycles. The lowest BCUT2D eigenvalue weighted by molar-refractivity contribution is 0.1000. The summed E-state index contributed by atoms with van der Waals surface area (Å²) in [4.78, 5) is 15.2. The molecule has 1 aromatic carbocycles. The summed E-state index contributed by atoms with van der Waals surface area (Å²) in [6.07, 6.45) is 3.63. The molecule has 0 aliphatic carbocycles. The third kappa shape index (κ3) is 3.42. The number of carbonyl (C=O) groups is 1. The Morgan fingerprint density at radius 2 is 2.20 bits per heavy atom. The SMILES string of the molecule is Cc1cc(C(N)=O)ccc1CN[C@H](C)c1cccnc1. The molecule has 0 radical (unpaired) electrons. The van der Waals surface area contributed by atoms with Gasteiger partial charge in [0.2, 0.25) is 5.91 Å². The quantitative estimate of drug-likeness (QED) is 0.875. The lowest BCUT2D eigenvalue weighted by Gasteiger charge is -2.15. The number of nitrogens with one attached hydrogen (secondary N) is 1. The Hall–Kier alpha value is -2.20. The molecule has 1 amide bonds. The Morgan fingerprint density at radius 3 is 2.80 bits per heavy atom. The van der Waals surface area contributed by atoms with Crippen molar-refractivity contribution in [2.24, 2.45) is 5.73 Å². The number of rotatable bonds is 5. The van der Waals surface area contributed by atoms with E-state index in [2.05, 4.69) is 17.2 Å². The molecule has 0 unspecified atom stereocenters. The van der Waals surface area contributed by atoms with E-state index >= 15 is 0 Å². The van der Waals surface area contributed by atoms with Gasteiger partial charge >= 0.3 is 0 Å². The summed E-state index contributed by atoms with van der Waals surface area (Å²) >= 11 is 0. The van der Waals surface area contributed by atoms with E-state index in [1.54, 1.807) is 12.3 Å². The predicted octanol–water partition coefficient (Wildman–Crippen LogP) is 2.34. The summed E-state index contributed by atoms with van der Waals surface area (Å²) in [5.41, 5.74) is 9.19. The van der Waals surface area contributed by atoms with Crippen molar-refractivity contribution in [2.75, 3.05) is 0 Å². The predicted molar refractivity (Wildman–Crippen MR) is 79.2 cm³/mol. The Morgan fingerprint density at radius 1 is 1.40 bits per heavy atom. The molecule has 1 aromatic heterocycles. The monoisotopic (exact) mass is 269 g/mol. The summed E-state index contributed by atoms with van der Waals surface area (Å²) in [7, 11) is 0. The molecule has 2 rings (SSSR count). The van der Waals surface area contributed by atoms with E-state index in [0.29, 0.717) is 5.56 Å². The minimum absolute atomic E-state index is 0.221. The first-order valence-electron chi connectivity index (χ1n) is 6.60. The number of benzene rings is 1. The van der Waals surface area contributed by atoms with Crippen molar-refractivity contribution in [3.63, 3.8) is 0 Å². The van der Waals surface area contributed by atoms with Gasteiger partial charge in [-0.3, -0.25) is 9.78 Å². The van der Waals surface area contributed by atoms with Crippen molar-refractivity contribution in [1.82, 2.24) is 10.3 Å². The summed E-state index contributed by atoms with van der Waals surface area (Å²) in [6.45, 7) is 4.82. The fraction of sp³-hybridized carbons (Fsp3) is 0.250. The second-order valence-electron chi connectivity index (χ2n) is 4.89. The van der Waals surface area contributed by atoms with Gasteiger partial charge in [-0.1, -0.05) is 12.1 Å². The Bertz CT molecular complexity index is 596. The molecule has 20 heavy (non-hydrogen) atoms. The third-order valence-electron chi connectivity index (χ3n) is 3.41. The maximum absolute atomic E-state index is 11.1. The summed E-state index contributed by atoms with van der Waals surface area (Å²) in [5, 5.41) is 3.45. The lowest BCUT2D eigenvalue weighted by Crippen LogP contribution is -2.19. The van der Waals surface area contributed by atoms with E-state index < -0.39 is 5.91 Å². The van der Waals surface area contributed by atoms with E-state index in [0.717, 1.165) is 23.2 Å². The van der Waals surface area contributed by atoms with Gasteiger partial charge in [-0.2, -0.15) is 0 Å². The first kappa shape index (κ1) is 14.2. The maximum atomic E-state index is 11.1.